The van der Waals surface area contributed by atoms with Gasteiger partial charge in [0.15, 0.2) is 0 Å². The van der Waals surface area contributed by atoms with E-state index in [0.29, 0.717) is 23.3 Å². The third-order valence-electron chi connectivity index (χ3n) is 5.10. The smallest absolute Gasteiger partial charge is 0.490 e. The van der Waals surface area contributed by atoms with E-state index >= 15 is 0 Å². The molecule has 2 amide bonds. The number of β-lactam (4-membered cyclic amide) rings is 1. The number of amides is 2. The standard InChI is InChI=1S/C11H11N5O5S2.C8H10N2O2.C2HF3O2/c17-6-1-7-16(6)9(10(20)21)5(3-22-7)4-23-11-12-13-14-15(11)2-8(18)19;9-7(8(10)12)5-1-3-6(11)4-2-5;3-2(4,5)1(6)7/h7H,1-4H2,(H,18,19)(H,20,21);1-4,7,11H,9H2,(H2,10,12);(H,6,7)/t7-;;/m0../s1. The van der Waals surface area contributed by atoms with Crippen LogP contribution in [-0.4, -0.2) is 98.3 Å². The summed E-state index contributed by atoms with van der Waals surface area (Å²) in [6, 6.07) is 5.23. The number of hydrogen-bond donors (Lipinski definition) is 6. The number of carbonyl (C=O) groups excluding carboxylic acids is 2. The molecule has 2 aliphatic rings. The van der Waals surface area contributed by atoms with Gasteiger partial charge in [-0.25, -0.2) is 14.3 Å². The average Bonchev–Trinajstić information content (AvgIpc) is 3.33. The van der Waals surface area contributed by atoms with E-state index in [9.17, 15) is 37.5 Å². The first-order valence-corrected chi connectivity index (χ1v) is 13.2. The van der Waals surface area contributed by atoms with Crippen molar-refractivity contribution < 1.29 is 57.6 Å². The van der Waals surface area contributed by atoms with Gasteiger partial charge in [0.25, 0.3) is 0 Å². The number of rotatable bonds is 8. The number of halogens is 3. The number of carboxylic acids is 3. The number of nitrogens with two attached hydrogens (primary N) is 2. The lowest BCUT2D eigenvalue weighted by molar-refractivity contribution is -0.192. The summed E-state index contributed by atoms with van der Waals surface area (Å²) in [6.45, 7) is -0.373. The van der Waals surface area contributed by atoms with E-state index < -0.39 is 36.0 Å². The van der Waals surface area contributed by atoms with Crippen molar-refractivity contribution in [2.24, 2.45) is 11.5 Å². The van der Waals surface area contributed by atoms with Gasteiger partial charge in [0, 0.05) is 11.5 Å². The normalized spacial score (nSPS) is 16.5. The summed E-state index contributed by atoms with van der Waals surface area (Å²) in [5.41, 5.74) is 11.6. The van der Waals surface area contributed by atoms with Gasteiger partial charge in [0.2, 0.25) is 17.0 Å². The van der Waals surface area contributed by atoms with Gasteiger partial charge in [-0.3, -0.25) is 19.3 Å². The Morgan fingerprint density at radius 2 is 1.74 bits per heavy atom. The van der Waals surface area contributed by atoms with Gasteiger partial charge in [-0.05, 0) is 33.7 Å². The lowest BCUT2D eigenvalue weighted by Crippen LogP contribution is -2.54. The quantitative estimate of drug-likeness (QED) is 0.164. The Kier molecular flexibility index (Phi) is 11.7. The van der Waals surface area contributed by atoms with Crippen LogP contribution in [0.5, 0.6) is 5.75 Å². The minimum Gasteiger partial charge on any atom is -0.508 e. The largest absolute Gasteiger partial charge is 0.508 e. The highest BCUT2D eigenvalue weighted by Crippen LogP contribution is 2.41. The predicted octanol–water partition coefficient (Wildman–Crippen LogP) is 0.00430. The van der Waals surface area contributed by atoms with E-state index in [2.05, 4.69) is 15.5 Å². The van der Waals surface area contributed by atoms with Gasteiger partial charge in [-0.1, -0.05) is 23.9 Å². The molecule has 8 N–H and O–H groups in total. The molecule has 0 saturated carbocycles. The highest BCUT2D eigenvalue weighted by atomic mass is 32.2. The number of benzene rings is 1. The van der Waals surface area contributed by atoms with Gasteiger partial charge < -0.3 is 31.9 Å². The van der Waals surface area contributed by atoms with Crippen molar-refractivity contribution in [2.75, 3.05) is 11.5 Å². The number of fused-ring (bicyclic) bond motifs is 1. The minimum absolute atomic E-state index is 0.0229. The number of aromatic hydroxyl groups is 1. The van der Waals surface area contributed by atoms with Crippen LogP contribution >= 0.6 is 23.5 Å². The Bertz CT molecular complexity index is 1370. The third kappa shape index (κ3) is 9.34. The number of aliphatic carboxylic acids is 3. The molecule has 1 aromatic heterocycles. The third-order valence-corrected chi connectivity index (χ3v) is 7.42. The van der Waals surface area contributed by atoms with Crippen molar-refractivity contribution in [3.63, 3.8) is 0 Å². The Balaban J connectivity index is 0.000000271. The van der Waals surface area contributed by atoms with Crippen molar-refractivity contribution in [3.05, 3.63) is 41.1 Å². The Morgan fingerprint density at radius 3 is 2.21 bits per heavy atom. The van der Waals surface area contributed by atoms with Crippen molar-refractivity contribution in [3.8, 4) is 5.75 Å². The number of carboxylic acid groups (broad SMARTS) is 3. The molecule has 0 aliphatic carbocycles. The first-order valence-electron chi connectivity index (χ1n) is 11.2. The first-order chi connectivity index (χ1) is 19.5. The molecule has 16 nitrogen and oxygen atoms in total. The topological polar surface area (TPSA) is 265 Å². The zero-order valence-corrected chi connectivity index (χ0v) is 22.6. The van der Waals surface area contributed by atoms with Crippen molar-refractivity contribution in [1.29, 1.82) is 0 Å². The average molecular weight is 638 g/mol. The van der Waals surface area contributed by atoms with Crippen LogP contribution in [0.15, 0.2) is 40.7 Å². The molecule has 0 spiro atoms. The van der Waals surface area contributed by atoms with Crippen LogP contribution in [0.1, 0.15) is 18.0 Å². The molecule has 21 heteroatoms. The second-order valence-electron chi connectivity index (χ2n) is 8.07. The van der Waals surface area contributed by atoms with Crippen LogP contribution in [0.3, 0.4) is 0 Å². The predicted molar refractivity (Wildman–Crippen MR) is 136 cm³/mol. The van der Waals surface area contributed by atoms with Crippen LogP contribution in [0, 0.1) is 0 Å². The van der Waals surface area contributed by atoms with Gasteiger partial charge in [0.1, 0.15) is 24.0 Å². The number of alkyl halides is 3. The maximum atomic E-state index is 11.6. The molecule has 1 fully saturated rings. The number of primary amides is 1. The van der Waals surface area contributed by atoms with Crippen LogP contribution in [0.25, 0.3) is 0 Å². The molecule has 2 aromatic rings. The molecule has 42 heavy (non-hydrogen) atoms. The van der Waals surface area contributed by atoms with Crippen molar-refractivity contribution >= 4 is 53.2 Å². The summed E-state index contributed by atoms with van der Waals surface area (Å²) < 4.78 is 32.9. The van der Waals surface area contributed by atoms with E-state index in [1.807, 2.05) is 0 Å². The van der Waals surface area contributed by atoms with Crippen LogP contribution < -0.4 is 11.5 Å². The summed E-state index contributed by atoms with van der Waals surface area (Å²) in [4.78, 5) is 54.7. The maximum Gasteiger partial charge on any atom is 0.490 e. The summed E-state index contributed by atoms with van der Waals surface area (Å²) >= 11 is 2.66. The Labute approximate surface area is 241 Å². The molecule has 2 aliphatic heterocycles. The Morgan fingerprint density at radius 1 is 1.14 bits per heavy atom. The van der Waals surface area contributed by atoms with Gasteiger partial charge in [0.05, 0.1) is 11.8 Å². The number of tetrazole rings is 1. The lowest BCUT2D eigenvalue weighted by atomic mass is 10.1. The summed E-state index contributed by atoms with van der Waals surface area (Å²) in [7, 11) is 0. The molecule has 1 aromatic carbocycles. The molecule has 0 bridgehead atoms. The molecule has 4 rings (SSSR count). The fourth-order valence-corrected chi connectivity index (χ4v) is 5.39. The molecule has 0 radical (unpaired) electrons. The fraction of sp³-hybridized carbons (Fsp3) is 0.333. The van der Waals surface area contributed by atoms with E-state index in [1.165, 1.54) is 28.8 Å². The molecular weight excluding hydrogens is 615 g/mol. The molecule has 2 atom stereocenters. The molecule has 228 valence electrons. The van der Waals surface area contributed by atoms with Crippen molar-refractivity contribution in [1.82, 2.24) is 25.1 Å². The SMILES string of the molecule is NC(=O)C(N)c1ccc(O)cc1.O=C(O)C(F)(F)F.O=C(O)Cn1nnnc1SCC1=C(C(=O)O)N2C(=O)C[C@@H]2SC1. The molecule has 3 heterocycles. The highest BCUT2D eigenvalue weighted by Gasteiger charge is 2.45. The lowest BCUT2D eigenvalue weighted by Gasteiger charge is -2.43. The highest BCUT2D eigenvalue weighted by molar-refractivity contribution is 8.00. The monoisotopic (exact) mass is 637 g/mol. The number of thioether (sulfide) groups is 2. The molecule has 1 unspecified atom stereocenters. The number of carbonyl (C=O) groups is 5. The van der Waals surface area contributed by atoms with Gasteiger partial charge in [-0.2, -0.15) is 13.2 Å². The zero-order chi connectivity index (χ0) is 31.8. The summed E-state index contributed by atoms with van der Waals surface area (Å²) in [5.74, 6) is -4.84. The summed E-state index contributed by atoms with van der Waals surface area (Å²) in [6.07, 6.45) is -4.72. The second kappa shape index (κ2) is 14.5. The molecule has 1 saturated heterocycles. The minimum atomic E-state index is -5.08. The van der Waals surface area contributed by atoms with Crippen LogP contribution in [-0.2, 0) is 30.5 Å². The number of aromatic nitrogens is 4. The number of nitrogens with zero attached hydrogens (tertiary/aromatic N) is 5. The van der Waals surface area contributed by atoms with E-state index in [0.717, 1.165) is 16.4 Å². The number of phenolic OH excluding ortho intramolecular Hbond substituents is 1. The summed E-state index contributed by atoms with van der Waals surface area (Å²) in [5, 5.41) is 45.1. The van der Waals surface area contributed by atoms with Crippen LogP contribution in [0.4, 0.5) is 13.2 Å². The first kappa shape index (κ1) is 33.8. The zero-order valence-electron chi connectivity index (χ0n) is 21.0. The van der Waals surface area contributed by atoms with Gasteiger partial charge >= 0.3 is 24.1 Å². The van der Waals surface area contributed by atoms with Crippen molar-refractivity contribution in [2.45, 2.75) is 35.7 Å². The molecular formula is C21H22F3N7O9S2. The maximum absolute atomic E-state index is 11.6. The second-order valence-corrected chi connectivity index (χ2v) is 10.2. The number of phenols is 1. The van der Waals surface area contributed by atoms with E-state index in [4.69, 9.17) is 31.6 Å². The van der Waals surface area contributed by atoms with Gasteiger partial charge in [-0.15, -0.1) is 16.9 Å². The number of hydrogen-bond acceptors (Lipinski definition) is 12. The fourth-order valence-electron chi connectivity index (χ4n) is 3.11. The van der Waals surface area contributed by atoms with E-state index in [1.54, 1.807) is 12.1 Å². The van der Waals surface area contributed by atoms with Crippen LogP contribution in [0.2, 0.25) is 0 Å². The van der Waals surface area contributed by atoms with E-state index in [-0.39, 0.29) is 40.2 Å². The Hall–Kier alpha value is -4.37.